The first-order valence-electron chi connectivity index (χ1n) is 39.4. The number of rotatable bonds is 73. The minimum Gasteiger partial charge on any atom is -0.462 e. The molecule has 0 spiro atoms. The molecular weight excluding hydrogens is 1330 g/mol. The highest BCUT2D eigenvalue weighted by Crippen LogP contribution is 2.45. The highest BCUT2D eigenvalue weighted by Gasteiger charge is 2.30. The molecule has 0 saturated heterocycles. The van der Waals surface area contributed by atoms with Gasteiger partial charge in [0.05, 0.1) is 26.4 Å². The summed E-state index contributed by atoms with van der Waals surface area (Å²) in [7, 11) is -9.98. The van der Waals surface area contributed by atoms with Crippen molar-refractivity contribution in [3.8, 4) is 0 Å². The Hall–Kier alpha value is -4.80. The van der Waals surface area contributed by atoms with E-state index in [-0.39, 0.29) is 25.7 Å². The normalized spacial score (nSPS) is 14.6. The van der Waals surface area contributed by atoms with Crippen LogP contribution in [0, 0.1) is 0 Å². The molecule has 0 saturated carbocycles. The van der Waals surface area contributed by atoms with Crippen LogP contribution in [0.4, 0.5) is 0 Å². The number of hydrogen-bond donors (Lipinski definition) is 3. The van der Waals surface area contributed by atoms with Gasteiger partial charge in [0.15, 0.2) is 12.2 Å². The van der Waals surface area contributed by atoms with Crippen LogP contribution in [0.3, 0.4) is 0 Å². The fourth-order valence-electron chi connectivity index (χ4n) is 10.1. The second-order valence-corrected chi connectivity index (χ2v) is 28.8. The van der Waals surface area contributed by atoms with E-state index < -0.39 is 97.5 Å². The predicted octanol–water partition coefficient (Wildman–Crippen LogP) is 22.9. The molecule has 5 unspecified atom stereocenters. The van der Waals surface area contributed by atoms with Gasteiger partial charge in [-0.05, 0) is 128 Å². The second-order valence-electron chi connectivity index (χ2n) is 25.9. The zero-order chi connectivity index (χ0) is 74.6. The van der Waals surface area contributed by atoms with Crippen LogP contribution in [0.5, 0.6) is 0 Å². The number of phosphoric acid groups is 2. The first-order chi connectivity index (χ1) is 49.7. The van der Waals surface area contributed by atoms with Crippen LogP contribution in [0.1, 0.15) is 310 Å². The maximum atomic E-state index is 13.1. The number of hydrogen-bond acceptors (Lipinski definition) is 15. The van der Waals surface area contributed by atoms with Crippen LogP contribution in [0.15, 0.2) is 134 Å². The van der Waals surface area contributed by atoms with Crippen LogP contribution in [-0.4, -0.2) is 96.7 Å². The van der Waals surface area contributed by atoms with Gasteiger partial charge in [-0.25, -0.2) is 9.13 Å². The molecule has 0 aromatic rings. The summed E-state index contributed by atoms with van der Waals surface area (Å²) in [5.41, 5.74) is 0. The van der Waals surface area contributed by atoms with Gasteiger partial charge in [-0.15, -0.1) is 0 Å². The molecule has 102 heavy (non-hydrogen) atoms. The number of ether oxygens (including phenoxy) is 4. The molecule has 584 valence electrons. The van der Waals surface area contributed by atoms with Crippen molar-refractivity contribution in [3.63, 3.8) is 0 Å². The Balaban J connectivity index is 5.38. The van der Waals surface area contributed by atoms with Crippen LogP contribution in [-0.2, 0) is 65.4 Å². The smallest absolute Gasteiger partial charge is 0.462 e. The van der Waals surface area contributed by atoms with E-state index in [1.165, 1.54) is 57.8 Å². The maximum absolute atomic E-state index is 13.1. The first-order valence-corrected chi connectivity index (χ1v) is 42.4. The summed E-state index contributed by atoms with van der Waals surface area (Å²) in [5.74, 6) is -2.30. The highest BCUT2D eigenvalue weighted by molar-refractivity contribution is 7.47. The number of carbonyl (C=O) groups is 4. The van der Waals surface area contributed by atoms with E-state index in [1.54, 1.807) is 0 Å². The van der Waals surface area contributed by atoms with Crippen molar-refractivity contribution in [1.29, 1.82) is 0 Å². The second kappa shape index (κ2) is 74.5. The van der Waals surface area contributed by atoms with Crippen molar-refractivity contribution in [3.05, 3.63) is 134 Å². The van der Waals surface area contributed by atoms with E-state index in [0.29, 0.717) is 32.1 Å². The lowest BCUT2D eigenvalue weighted by atomic mass is 10.1. The third-order valence-corrected chi connectivity index (χ3v) is 18.0. The molecule has 0 rings (SSSR count). The van der Waals surface area contributed by atoms with E-state index in [1.807, 2.05) is 18.2 Å². The summed E-state index contributed by atoms with van der Waals surface area (Å²) in [5, 5.41) is 10.6. The molecule has 19 heteroatoms. The van der Waals surface area contributed by atoms with Crippen molar-refractivity contribution >= 4 is 39.5 Å². The number of carbonyl (C=O) groups excluding carboxylic acids is 4. The Morgan fingerprint density at radius 3 is 0.902 bits per heavy atom. The van der Waals surface area contributed by atoms with Crippen LogP contribution in [0.25, 0.3) is 0 Å². The van der Waals surface area contributed by atoms with Gasteiger partial charge < -0.3 is 33.8 Å². The number of esters is 4. The van der Waals surface area contributed by atoms with Crippen molar-refractivity contribution in [2.45, 2.75) is 329 Å². The van der Waals surface area contributed by atoms with Gasteiger partial charge in [0.2, 0.25) is 0 Å². The molecule has 3 N–H and O–H groups in total. The van der Waals surface area contributed by atoms with Crippen molar-refractivity contribution in [2.75, 3.05) is 39.6 Å². The molecule has 0 aromatic carbocycles. The Bertz CT molecular complexity index is 2460. The van der Waals surface area contributed by atoms with Gasteiger partial charge in [-0.3, -0.25) is 37.3 Å². The van der Waals surface area contributed by atoms with Crippen molar-refractivity contribution in [1.82, 2.24) is 0 Å². The van der Waals surface area contributed by atoms with E-state index in [9.17, 15) is 43.2 Å². The molecule has 0 heterocycles. The zero-order valence-electron chi connectivity index (χ0n) is 63.7. The third kappa shape index (κ3) is 73.5. The first kappa shape index (κ1) is 97.2. The third-order valence-electron chi connectivity index (χ3n) is 16.1. The summed E-state index contributed by atoms with van der Waals surface area (Å²) in [4.78, 5) is 72.9. The average molecular weight is 1470 g/mol. The summed E-state index contributed by atoms with van der Waals surface area (Å²) in [6.45, 7) is 4.55. The Labute approximate surface area is 618 Å². The summed E-state index contributed by atoms with van der Waals surface area (Å²) in [6.07, 6.45) is 83.1. The Morgan fingerprint density at radius 1 is 0.284 bits per heavy atom. The molecule has 0 aromatic heterocycles. The van der Waals surface area contributed by atoms with Gasteiger partial charge in [0.1, 0.15) is 19.3 Å². The van der Waals surface area contributed by atoms with Crippen molar-refractivity contribution < 1.29 is 80.2 Å². The molecule has 0 aliphatic carbocycles. The molecule has 5 atom stereocenters. The lowest BCUT2D eigenvalue weighted by Crippen LogP contribution is -2.30. The number of unbranched alkanes of at least 4 members (excludes halogenated alkanes) is 25. The molecule has 0 bridgehead atoms. The van der Waals surface area contributed by atoms with Gasteiger partial charge in [-0.2, -0.15) is 0 Å². The highest BCUT2D eigenvalue weighted by atomic mass is 31.2. The molecule has 0 amide bonds. The van der Waals surface area contributed by atoms with Crippen LogP contribution in [0.2, 0.25) is 0 Å². The standard InChI is InChI=1S/C83H140O17P2/c1-5-9-13-17-21-25-29-32-34-36-38-40-42-45-48-51-55-59-63-67-80(85)93-73-78(99-82(87)69-65-61-57-53-47-28-24-20-16-12-8-4)75-97-101(89,90)95-71-77(84)72-96-102(91,92)98-76-79(100-83(88)70-66-62-58-54-50-44-31-27-23-19-15-11-7-3)74-94-81(86)68-64-60-56-52-49-46-43-41-39-37-35-33-30-26-22-18-14-10-6-2/h10,14-15,19,21-22,25-27,31-35,38-41,46,49,56,60,77-79,84H,5-9,11-13,16-18,20,23-24,28-30,36-37,42-45,47-48,50-55,57-59,61-76H2,1-4H3,(H,89,90)(H,91,92)/b14-10-,19-15-,25-21-,26-22-,31-27-,34-32-,35-33-,40-38-,41-39-,49-46-,60-56-. The fraction of sp³-hybridized carbons (Fsp3) is 0.687. The lowest BCUT2D eigenvalue weighted by molar-refractivity contribution is -0.161. The van der Waals surface area contributed by atoms with Gasteiger partial charge >= 0.3 is 39.5 Å². The molecular formula is C83H140O17P2. The lowest BCUT2D eigenvalue weighted by Gasteiger charge is -2.21. The number of allylic oxidation sites excluding steroid dienone is 22. The summed E-state index contributed by atoms with van der Waals surface area (Å²) < 4.78 is 68.4. The minimum atomic E-state index is -5.00. The maximum Gasteiger partial charge on any atom is 0.472 e. The number of aliphatic hydroxyl groups is 1. The largest absolute Gasteiger partial charge is 0.472 e. The molecule has 0 aliphatic rings. The minimum absolute atomic E-state index is 0.0304. The van der Waals surface area contributed by atoms with E-state index in [4.69, 9.17) is 37.0 Å². The molecule has 17 nitrogen and oxygen atoms in total. The molecule has 0 radical (unpaired) electrons. The zero-order valence-corrected chi connectivity index (χ0v) is 65.5. The van der Waals surface area contributed by atoms with Crippen LogP contribution < -0.4 is 0 Å². The molecule has 0 fully saturated rings. The fourth-order valence-corrected chi connectivity index (χ4v) is 11.7. The number of phosphoric ester groups is 2. The van der Waals surface area contributed by atoms with E-state index in [0.717, 1.165) is 167 Å². The topological polar surface area (TPSA) is 237 Å². The van der Waals surface area contributed by atoms with Gasteiger partial charge in [-0.1, -0.05) is 290 Å². The van der Waals surface area contributed by atoms with Crippen molar-refractivity contribution in [2.24, 2.45) is 0 Å². The molecule has 0 aliphatic heterocycles. The summed E-state index contributed by atoms with van der Waals surface area (Å²) >= 11 is 0. The van der Waals surface area contributed by atoms with Gasteiger partial charge in [0.25, 0.3) is 0 Å². The predicted molar refractivity (Wildman–Crippen MR) is 418 cm³/mol. The number of aliphatic hydroxyl groups excluding tert-OH is 1. The average Bonchev–Trinajstić information content (AvgIpc) is 0.907. The van der Waals surface area contributed by atoms with Crippen LogP contribution >= 0.6 is 15.6 Å². The van der Waals surface area contributed by atoms with Gasteiger partial charge in [0, 0.05) is 25.7 Å². The Morgan fingerprint density at radius 2 is 0.549 bits per heavy atom. The van der Waals surface area contributed by atoms with E-state index >= 15 is 0 Å². The monoisotopic (exact) mass is 1470 g/mol. The quantitative estimate of drug-likeness (QED) is 0.0169. The van der Waals surface area contributed by atoms with E-state index in [2.05, 4.69) is 143 Å². The summed E-state index contributed by atoms with van der Waals surface area (Å²) in [6, 6.07) is 0. The SMILES string of the molecule is CC/C=C\C/C=C\C/C=C\C/C=C\C/C=C\C/C=C\CCC(=O)OCC(COP(=O)(O)OCC(O)COP(=O)(O)OCC(COC(=O)CCCCCCCC/C=C\C/C=C\C/C=C\CCCCC)OC(=O)CCCCCCCCCCCCC)OC(=O)CCCCCCC/C=C\C/C=C\CCC. The Kier molecular flexibility index (Phi) is 71.0.